The highest BCUT2D eigenvalue weighted by Gasteiger charge is 2.37. The molecule has 4 rings (SSSR count). The van der Waals surface area contributed by atoms with Crippen LogP contribution in [0.15, 0.2) is 66.9 Å². The Morgan fingerprint density at radius 1 is 0.806 bits per heavy atom. The minimum Gasteiger partial charge on any atom is -0.429 e. The molecule has 2 heterocycles. The molecule has 0 spiro atoms. The Hall–Kier alpha value is -4.00. The number of hydrogen-bond acceptors (Lipinski definition) is 4. The van der Waals surface area contributed by atoms with E-state index in [0.717, 1.165) is 16.5 Å². The smallest absolute Gasteiger partial charge is 0.429 e. The lowest BCUT2D eigenvalue weighted by Crippen LogP contribution is -2.21. The summed E-state index contributed by atoms with van der Waals surface area (Å²) in [4.78, 5) is 0. The monoisotopic (exact) mass is 430 g/mol. The van der Waals surface area contributed by atoms with Crippen molar-refractivity contribution in [3.05, 3.63) is 83.8 Å². The minimum absolute atomic E-state index is 0.0260. The molecule has 0 N–H and O–H groups in total. The minimum atomic E-state index is -4.67. The number of ether oxygens (including phenoxy) is 1. The summed E-state index contributed by atoms with van der Waals surface area (Å²) in [5, 5.41) is 15.4. The zero-order valence-corrected chi connectivity index (χ0v) is 15.4. The van der Waals surface area contributed by atoms with Crippen LogP contribution in [0.25, 0.3) is 16.8 Å². The standard InChI is InChI=1S/C21H11F5N4O/c22-20(23,24)19-29-28-18-10-5-15(12-30(18)19)14-3-8-17(9-4-14)31-21(25,26)16-6-1-13(11-27)2-7-16/h1-10,12H. The van der Waals surface area contributed by atoms with Crippen LogP contribution < -0.4 is 4.74 Å². The molecule has 0 radical (unpaired) electrons. The van der Waals surface area contributed by atoms with E-state index in [9.17, 15) is 22.0 Å². The van der Waals surface area contributed by atoms with Crippen molar-refractivity contribution in [2.24, 2.45) is 0 Å². The lowest BCUT2D eigenvalue weighted by atomic mass is 10.1. The average molecular weight is 430 g/mol. The highest BCUT2D eigenvalue weighted by molar-refractivity contribution is 5.65. The Morgan fingerprint density at radius 3 is 2.06 bits per heavy atom. The fourth-order valence-corrected chi connectivity index (χ4v) is 2.92. The van der Waals surface area contributed by atoms with Crippen LogP contribution in [0, 0.1) is 11.3 Å². The van der Waals surface area contributed by atoms with Gasteiger partial charge in [0.2, 0.25) is 5.82 Å². The van der Waals surface area contributed by atoms with Gasteiger partial charge in [-0.3, -0.25) is 4.40 Å². The predicted octanol–water partition coefficient (Wildman–Crippen LogP) is 5.42. The Bertz CT molecular complexity index is 1270. The Balaban J connectivity index is 1.58. The molecular formula is C21H11F5N4O. The second kappa shape index (κ2) is 7.36. The van der Waals surface area contributed by atoms with E-state index in [-0.39, 0.29) is 17.0 Å². The molecule has 2 aromatic heterocycles. The van der Waals surface area contributed by atoms with Crippen molar-refractivity contribution in [1.82, 2.24) is 14.6 Å². The zero-order valence-electron chi connectivity index (χ0n) is 15.4. The van der Waals surface area contributed by atoms with Gasteiger partial charge in [-0.05, 0) is 59.7 Å². The van der Waals surface area contributed by atoms with Crippen LogP contribution >= 0.6 is 0 Å². The highest BCUT2D eigenvalue weighted by Crippen LogP contribution is 2.33. The maximum absolute atomic E-state index is 14.4. The van der Waals surface area contributed by atoms with Crippen LogP contribution in [-0.4, -0.2) is 14.6 Å². The van der Waals surface area contributed by atoms with E-state index in [1.807, 2.05) is 6.07 Å². The van der Waals surface area contributed by atoms with Crippen molar-refractivity contribution in [3.8, 4) is 22.9 Å². The molecule has 0 saturated carbocycles. The normalized spacial score (nSPS) is 12.0. The maximum atomic E-state index is 14.4. The molecule has 0 aliphatic heterocycles. The first-order chi connectivity index (χ1) is 14.7. The Kier molecular flexibility index (Phi) is 4.81. The van der Waals surface area contributed by atoms with Gasteiger partial charge in [0.15, 0.2) is 5.65 Å². The molecule has 5 nitrogen and oxygen atoms in total. The van der Waals surface area contributed by atoms with Gasteiger partial charge >= 0.3 is 12.3 Å². The first-order valence-corrected chi connectivity index (χ1v) is 8.77. The molecule has 0 atom stereocenters. The zero-order chi connectivity index (χ0) is 22.2. The van der Waals surface area contributed by atoms with E-state index >= 15 is 0 Å². The van der Waals surface area contributed by atoms with E-state index in [0.29, 0.717) is 11.1 Å². The fourth-order valence-electron chi connectivity index (χ4n) is 2.92. The van der Waals surface area contributed by atoms with Gasteiger partial charge in [-0.25, -0.2) is 0 Å². The molecule has 0 fully saturated rings. The quantitative estimate of drug-likeness (QED) is 0.406. The van der Waals surface area contributed by atoms with Gasteiger partial charge in [0.05, 0.1) is 17.2 Å². The van der Waals surface area contributed by atoms with Gasteiger partial charge in [-0.15, -0.1) is 10.2 Å². The molecule has 156 valence electrons. The first-order valence-electron chi connectivity index (χ1n) is 8.77. The third-order valence-electron chi connectivity index (χ3n) is 4.44. The molecule has 2 aromatic carbocycles. The summed E-state index contributed by atoms with van der Waals surface area (Å²) in [5.41, 5.74) is 0.731. The van der Waals surface area contributed by atoms with E-state index < -0.39 is 23.7 Å². The van der Waals surface area contributed by atoms with Crippen molar-refractivity contribution in [2.75, 3.05) is 0 Å². The highest BCUT2D eigenvalue weighted by atomic mass is 19.4. The van der Waals surface area contributed by atoms with Gasteiger partial charge in [0.1, 0.15) is 5.75 Å². The molecule has 0 amide bonds. The van der Waals surface area contributed by atoms with Gasteiger partial charge in [-0.2, -0.15) is 27.2 Å². The molecular weight excluding hydrogens is 419 g/mol. The number of nitrogens with zero attached hydrogens (tertiary/aromatic N) is 4. The summed E-state index contributed by atoms with van der Waals surface area (Å²) in [5.74, 6) is -1.30. The molecule has 0 aliphatic carbocycles. The summed E-state index contributed by atoms with van der Waals surface area (Å²) in [6, 6.07) is 14.9. The predicted molar refractivity (Wildman–Crippen MR) is 99.1 cm³/mol. The number of benzene rings is 2. The van der Waals surface area contributed by atoms with Crippen molar-refractivity contribution in [1.29, 1.82) is 5.26 Å². The van der Waals surface area contributed by atoms with Crippen molar-refractivity contribution < 1.29 is 26.7 Å². The number of hydrogen-bond donors (Lipinski definition) is 0. The van der Waals surface area contributed by atoms with Crippen LogP contribution in [0.2, 0.25) is 0 Å². The Labute approximate surface area is 172 Å². The number of pyridine rings is 1. The van der Waals surface area contributed by atoms with Crippen molar-refractivity contribution in [3.63, 3.8) is 0 Å². The van der Waals surface area contributed by atoms with Crippen LogP contribution in [-0.2, 0) is 12.3 Å². The topological polar surface area (TPSA) is 63.2 Å². The average Bonchev–Trinajstić information content (AvgIpc) is 3.18. The largest absolute Gasteiger partial charge is 0.452 e. The lowest BCUT2D eigenvalue weighted by Gasteiger charge is -2.18. The van der Waals surface area contributed by atoms with Gasteiger partial charge in [-0.1, -0.05) is 12.1 Å². The van der Waals surface area contributed by atoms with E-state index in [4.69, 9.17) is 10.00 Å². The second-order valence-electron chi connectivity index (χ2n) is 6.50. The number of halogens is 5. The number of fused-ring (bicyclic) bond motifs is 1. The number of alkyl halides is 5. The molecule has 0 aliphatic rings. The summed E-state index contributed by atoms with van der Waals surface area (Å²) in [7, 11) is 0. The molecule has 0 unspecified atom stereocenters. The number of aromatic nitrogens is 3. The molecule has 31 heavy (non-hydrogen) atoms. The second-order valence-corrected chi connectivity index (χ2v) is 6.50. The van der Waals surface area contributed by atoms with Gasteiger partial charge in [0, 0.05) is 6.20 Å². The molecule has 10 heteroatoms. The van der Waals surface area contributed by atoms with Crippen molar-refractivity contribution in [2.45, 2.75) is 12.3 Å². The van der Waals surface area contributed by atoms with E-state index in [1.54, 1.807) is 6.07 Å². The summed E-state index contributed by atoms with van der Waals surface area (Å²) < 4.78 is 73.5. The van der Waals surface area contributed by atoms with Crippen LogP contribution in [0.1, 0.15) is 17.0 Å². The first kappa shape index (κ1) is 20.3. The summed E-state index contributed by atoms with van der Waals surface area (Å²) in [6.07, 6.45) is -7.09. The van der Waals surface area contributed by atoms with E-state index in [2.05, 4.69) is 10.2 Å². The van der Waals surface area contributed by atoms with Crippen molar-refractivity contribution >= 4 is 5.65 Å². The number of rotatable bonds is 4. The lowest BCUT2D eigenvalue weighted by molar-refractivity contribution is -0.185. The van der Waals surface area contributed by atoms with Gasteiger partial charge in [0.25, 0.3) is 0 Å². The van der Waals surface area contributed by atoms with Gasteiger partial charge < -0.3 is 4.74 Å². The van der Waals surface area contributed by atoms with Crippen LogP contribution in [0.4, 0.5) is 22.0 Å². The summed E-state index contributed by atoms with van der Waals surface area (Å²) in [6.45, 7) is 0. The third kappa shape index (κ3) is 4.02. The third-order valence-corrected chi connectivity index (χ3v) is 4.44. The molecule has 0 bridgehead atoms. The fraction of sp³-hybridized carbons (Fsp3) is 0.0952. The Morgan fingerprint density at radius 2 is 1.45 bits per heavy atom. The van der Waals surface area contributed by atoms with Crippen LogP contribution in [0.3, 0.4) is 0 Å². The summed E-state index contributed by atoms with van der Waals surface area (Å²) >= 11 is 0. The SMILES string of the molecule is N#Cc1ccc(C(F)(F)Oc2ccc(-c3ccc4nnc(C(F)(F)F)n4c3)cc2)cc1. The molecule has 0 saturated heterocycles. The van der Waals surface area contributed by atoms with Crippen LogP contribution in [0.5, 0.6) is 5.75 Å². The molecule has 4 aromatic rings. The maximum Gasteiger partial charge on any atom is 0.452 e. The number of nitriles is 1. The van der Waals surface area contributed by atoms with E-state index in [1.165, 1.54) is 48.7 Å².